The predicted octanol–water partition coefficient (Wildman–Crippen LogP) is 0.463. The monoisotopic (exact) mass is 246 g/mol. The van der Waals surface area contributed by atoms with Gasteiger partial charge < -0.3 is 14.7 Å². The van der Waals surface area contributed by atoms with E-state index in [1.54, 1.807) is 9.96 Å². The summed E-state index contributed by atoms with van der Waals surface area (Å²) in [6, 6.07) is 0. The summed E-state index contributed by atoms with van der Waals surface area (Å²) in [5, 5.41) is 10.4. The number of piperazine rings is 1. The third kappa shape index (κ3) is 5.34. The number of hydrogen-bond acceptors (Lipinski definition) is 5. The Bertz CT molecular complexity index is 244. The molecule has 1 N–H and O–H groups in total. The van der Waals surface area contributed by atoms with Crippen LogP contribution in [0.15, 0.2) is 0 Å². The summed E-state index contributed by atoms with van der Waals surface area (Å²) in [6.45, 7) is 8.31. The summed E-state index contributed by atoms with van der Waals surface area (Å²) in [7, 11) is 0. The van der Waals surface area contributed by atoms with Gasteiger partial charge in [0, 0.05) is 26.2 Å². The fraction of sp³-hybridized carbons (Fsp3) is 0.909. The van der Waals surface area contributed by atoms with Crippen molar-refractivity contribution < 1.29 is 19.5 Å². The highest BCUT2D eigenvalue weighted by atomic mass is 16.7. The molecule has 0 aromatic heterocycles. The van der Waals surface area contributed by atoms with Crippen LogP contribution in [0.2, 0.25) is 0 Å². The van der Waals surface area contributed by atoms with E-state index < -0.39 is 5.60 Å². The molecule has 17 heavy (non-hydrogen) atoms. The topological polar surface area (TPSA) is 62.2 Å². The van der Waals surface area contributed by atoms with Crippen LogP contribution in [0, 0.1) is 0 Å². The molecule has 100 valence electrons. The highest BCUT2D eigenvalue weighted by molar-refractivity contribution is 5.68. The quantitative estimate of drug-likeness (QED) is 0.784. The fourth-order valence-corrected chi connectivity index (χ4v) is 1.50. The molecule has 0 bridgehead atoms. The highest BCUT2D eigenvalue weighted by Gasteiger charge is 2.25. The molecule has 6 heteroatoms. The summed E-state index contributed by atoms with van der Waals surface area (Å²) in [4.78, 5) is 18.7. The smallest absolute Gasteiger partial charge is 0.410 e. The highest BCUT2D eigenvalue weighted by Crippen LogP contribution is 2.11. The second kappa shape index (κ2) is 6.18. The first-order valence-corrected chi connectivity index (χ1v) is 5.89. The van der Waals surface area contributed by atoms with E-state index >= 15 is 0 Å². The third-order valence-corrected chi connectivity index (χ3v) is 2.26. The lowest BCUT2D eigenvalue weighted by Gasteiger charge is -2.34. The van der Waals surface area contributed by atoms with E-state index in [2.05, 4.69) is 0 Å². The van der Waals surface area contributed by atoms with Crippen LogP contribution >= 0.6 is 0 Å². The first-order valence-electron chi connectivity index (χ1n) is 5.89. The number of carbonyl (C=O) groups is 1. The van der Waals surface area contributed by atoms with Crippen molar-refractivity contribution in [2.24, 2.45) is 0 Å². The minimum atomic E-state index is -0.457. The molecule has 0 unspecified atom stereocenters. The average Bonchev–Trinajstić information content (AvgIpc) is 2.24. The first kappa shape index (κ1) is 14.2. The number of carbonyl (C=O) groups excluding carboxylic acids is 1. The van der Waals surface area contributed by atoms with Crippen LogP contribution in [0.1, 0.15) is 20.8 Å². The molecule has 0 spiro atoms. The summed E-state index contributed by atoms with van der Waals surface area (Å²) in [6.07, 6.45) is -0.278. The Morgan fingerprint density at radius 3 is 2.29 bits per heavy atom. The number of aliphatic hydroxyl groups excluding tert-OH is 1. The minimum absolute atomic E-state index is 0.00623. The number of amides is 1. The molecule has 1 fully saturated rings. The number of aliphatic hydroxyl groups is 1. The van der Waals surface area contributed by atoms with Crippen molar-refractivity contribution in [3.05, 3.63) is 0 Å². The van der Waals surface area contributed by atoms with E-state index in [1.807, 2.05) is 20.8 Å². The second-order valence-electron chi connectivity index (χ2n) is 4.95. The van der Waals surface area contributed by atoms with Crippen LogP contribution in [0.3, 0.4) is 0 Å². The van der Waals surface area contributed by atoms with E-state index in [0.717, 1.165) is 0 Å². The van der Waals surface area contributed by atoms with Gasteiger partial charge in [0.25, 0.3) is 0 Å². The number of nitrogens with zero attached hydrogens (tertiary/aromatic N) is 2. The van der Waals surface area contributed by atoms with Gasteiger partial charge >= 0.3 is 6.09 Å². The zero-order chi connectivity index (χ0) is 12.9. The molecule has 1 amide bonds. The number of ether oxygens (including phenoxy) is 1. The van der Waals surface area contributed by atoms with Gasteiger partial charge in [-0.2, -0.15) is 5.06 Å². The van der Waals surface area contributed by atoms with E-state index in [-0.39, 0.29) is 12.7 Å². The second-order valence-corrected chi connectivity index (χ2v) is 4.95. The Balaban J connectivity index is 2.29. The maximum absolute atomic E-state index is 11.7. The molecular formula is C11H22N2O4. The molecule has 0 radical (unpaired) electrons. The van der Waals surface area contributed by atoms with Gasteiger partial charge in [-0.3, -0.25) is 4.84 Å². The van der Waals surface area contributed by atoms with Gasteiger partial charge in [0.2, 0.25) is 0 Å². The van der Waals surface area contributed by atoms with Gasteiger partial charge in [-0.25, -0.2) is 4.79 Å². The lowest BCUT2D eigenvalue weighted by molar-refractivity contribution is -0.180. The van der Waals surface area contributed by atoms with Gasteiger partial charge in [-0.15, -0.1) is 0 Å². The SMILES string of the molecule is CC(C)(C)OC(=O)N1CCN(OCCO)CC1. The predicted molar refractivity (Wildman–Crippen MR) is 62.4 cm³/mol. The molecule has 0 atom stereocenters. The van der Waals surface area contributed by atoms with E-state index in [0.29, 0.717) is 32.8 Å². The Morgan fingerprint density at radius 1 is 1.24 bits per heavy atom. The molecule has 6 nitrogen and oxygen atoms in total. The van der Waals surface area contributed by atoms with Crippen LogP contribution in [0.4, 0.5) is 4.79 Å². The van der Waals surface area contributed by atoms with Gasteiger partial charge in [0.15, 0.2) is 0 Å². The Morgan fingerprint density at radius 2 is 1.82 bits per heavy atom. The zero-order valence-corrected chi connectivity index (χ0v) is 10.8. The molecule has 0 aromatic carbocycles. The summed E-state index contributed by atoms with van der Waals surface area (Å²) in [5.74, 6) is 0. The molecule has 1 heterocycles. The summed E-state index contributed by atoms with van der Waals surface area (Å²) >= 11 is 0. The molecule has 1 aliphatic rings. The van der Waals surface area contributed by atoms with Crippen molar-refractivity contribution >= 4 is 6.09 Å². The maximum Gasteiger partial charge on any atom is 0.410 e. The van der Waals surface area contributed by atoms with Crippen LogP contribution in [0.5, 0.6) is 0 Å². The van der Waals surface area contributed by atoms with Gasteiger partial charge in [0.1, 0.15) is 5.60 Å². The van der Waals surface area contributed by atoms with Gasteiger partial charge in [-0.1, -0.05) is 0 Å². The maximum atomic E-state index is 11.7. The molecule has 0 saturated carbocycles. The molecule has 1 rings (SSSR count). The largest absolute Gasteiger partial charge is 0.444 e. The van der Waals surface area contributed by atoms with Crippen molar-refractivity contribution in [1.29, 1.82) is 0 Å². The van der Waals surface area contributed by atoms with Crippen LogP contribution in [-0.4, -0.2) is 66.2 Å². The standard InChI is InChI=1S/C11H22N2O4/c1-11(2,3)17-10(15)12-4-6-13(7-5-12)16-9-8-14/h14H,4-9H2,1-3H3. The first-order chi connectivity index (χ1) is 7.92. The average molecular weight is 246 g/mol. The van der Waals surface area contributed by atoms with Crippen LogP contribution in [0.25, 0.3) is 0 Å². The van der Waals surface area contributed by atoms with E-state index in [1.165, 1.54) is 0 Å². The minimum Gasteiger partial charge on any atom is -0.444 e. The fourth-order valence-electron chi connectivity index (χ4n) is 1.50. The molecule has 0 aliphatic carbocycles. The molecule has 1 saturated heterocycles. The zero-order valence-electron chi connectivity index (χ0n) is 10.8. The molecule has 0 aromatic rings. The number of rotatable bonds is 3. The number of hydroxylamine groups is 2. The van der Waals surface area contributed by atoms with Crippen LogP contribution < -0.4 is 0 Å². The van der Waals surface area contributed by atoms with Crippen molar-refractivity contribution in [3.8, 4) is 0 Å². The van der Waals surface area contributed by atoms with Gasteiger partial charge in [0.05, 0.1) is 13.2 Å². The lowest BCUT2D eigenvalue weighted by atomic mass is 10.2. The Hall–Kier alpha value is -0.850. The summed E-state index contributed by atoms with van der Waals surface area (Å²) in [5.41, 5.74) is -0.457. The van der Waals surface area contributed by atoms with E-state index in [4.69, 9.17) is 14.7 Å². The van der Waals surface area contributed by atoms with Crippen molar-refractivity contribution in [2.45, 2.75) is 26.4 Å². The Labute approximate surface area is 102 Å². The van der Waals surface area contributed by atoms with Gasteiger partial charge in [-0.05, 0) is 20.8 Å². The third-order valence-electron chi connectivity index (χ3n) is 2.26. The normalized spacial score (nSPS) is 18.2. The molecular weight excluding hydrogens is 224 g/mol. The van der Waals surface area contributed by atoms with Crippen molar-refractivity contribution in [1.82, 2.24) is 9.96 Å². The van der Waals surface area contributed by atoms with Crippen molar-refractivity contribution in [2.75, 3.05) is 39.4 Å². The summed E-state index contributed by atoms with van der Waals surface area (Å²) < 4.78 is 5.28. The lowest BCUT2D eigenvalue weighted by Crippen LogP contribution is -2.50. The number of hydrogen-bond donors (Lipinski definition) is 1. The van der Waals surface area contributed by atoms with E-state index in [9.17, 15) is 4.79 Å². The van der Waals surface area contributed by atoms with Crippen LogP contribution in [-0.2, 0) is 9.57 Å². The molecule has 1 aliphatic heterocycles. The van der Waals surface area contributed by atoms with Crippen molar-refractivity contribution in [3.63, 3.8) is 0 Å². The Kier molecular flexibility index (Phi) is 5.17.